The van der Waals surface area contributed by atoms with E-state index in [1.165, 1.54) is 10.9 Å². The third-order valence-corrected chi connectivity index (χ3v) is 5.42. The number of piperidine rings is 1. The number of hydrogen-bond donors (Lipinski definition) is 1. The van der Waals surface area contributed by atoms with Crippen LogP contribution in [0.1, 0.15) is 37.2 Å². The number of H-pyrrole nitrogens is 1. The minimum Gasteiger partial charge on any atom is -0.360 e. The summed E-state index contributed by atoms with van der Waals surface area (Å²) in [6.45, 7) is 1.75. The van der Waals surface area contributed by atoms with E-state index in [9.17, 15) is 4.79 Å². The summed E-state index contributed by atoms with van der Waals surface area (Å²) >= 11 is 0. The van der Waals surface area contributed by atoms with E-state index in [0.717, 1.165) is 55.3 Å². The van der Waals surface area contributed by atoms with Crippen LogP contribution in [0.3, 0.4) is 0 Å². The van der Waals surface area contributed by atoms with Crippen molar-refractivity contribution in [2.24, 2.45) is 5.92 Å². The summed E-state index contributed by atoms with van der Waals surface area (Å²) < 4.78 is 0. The zero-order chi connectivity index (χ0) is 16.1. The molecule has 1 unspecified atom stereocenters. The van der Waals surface area contributed by atoms with Crippen LogP contribution in [0.5, 0.6) is 0 Å². The highest BCUT2D eigenvalue weighted by atomic mass is 16.2. The van der Waals surface area contributed by atoms with Crippen molar-refractivity contribution >= 4 is 27.8 Å². The van der Waals surface area contributed by atoms with Gasteiger partial charge >= 0.3 is 0 Å². The topological polar surface area (TPSA) is 61.9 Å². The average Bonchev–Trinajstić information content (AvgIpc) is 3.37. The summed E-state index contributed by atoms with van der Waals surface area (Å²) in [4.78, 5) is 26.6. The molecule has 1 saturated carbocycles. The van der Waals surface area contributed by atoms with Crippen molar-refractivity contribution in [3.05, 3.63) is 36.3 Å². The molecule has 0 spiro atoms. The molecular formula is C19H20N4O. The second-order valence-corrected chi connectivity index (χ2v) is 7.06. The first kappa shape index (κ1) is 14.0. The van der Waals surface area contributed by atoms with Gasteiger partial charge in [-0.25, -0.2) is 9.97 Å². The molecule has 2 aliphatic rings. The van der Waals surface area contributed by atoms with Gasteiger partial charge in [0.15, 0.2) is 5.65 Å². The van der Waals surface area contributed by atoms with Crippen LogP contribution in [0, 0.1) is 5.92 Å². The number of fused-ring (bicyclic) bond motifs is 3. The number of amides is 1. The highest BCUT2D eigenvalue weighted by Gasteiger charge is 2.35. The minimum atomic E-state index is 0.305. The molecule has 24 heavy (non-hydrogen) atoms. The monoisotopic (exact) mass is 320 g/mol. The van der Waals surface area contributed by atoms with E-state index < -0.39 is 0 Å². The Balaban J connectivity index is 1.58. The number of rotatable bonds is 2. The largest absolute Gasteiger partial charge is 0.360 e. The Bertz CT molecular complexity index is 927. The van der Waals surface area contributed by atoms with E-state index in [1.807, 2.05) is 24.7 Å². The predicted molar refractivity (Wildman–Crippen MR) is 92.7 cm³/mol. The molecule has 0 bridgehead atoms. The molecule has 1 amide bonds. The van der Waals surface area contributed by atoms with E-state index in [4.69, 9.17) is 0 Å². The van der Waals surface area contributed by atoms with E-state index in [1.54, 1.807) is 0 Å². The van der Waals surface area contributed by atoms with Gasteiger partial charge in [0, 0.05) is 48.1 Å². The van der Waals surface area contributed by atoms with E-state index in [-0.39, 0.29) is 0 Å². The Labute approximate surface area is 140 Å². The summed E-state index contributed by atoms with van der Waals surface area (Å²) in [6.07, 6.45) is 10.0. The molecule has 2 fully saturated rings. The molecular weight excluding hydrogens is 300 g/mol. The standard InChI is InChI=1S/C19H20N4O/c24-19(12-3-4-12)23-9-1-2-13(11-23)14-5-7-20-16-10-22-18-15(17(14)16)6-8-21-18/h5-8,10,12-13,20H,1-4,9,11H2. The van der Waals surface area contributed by atoms with Gasteiger partial charge < -0.3 is 9.88 Å². The van der Waals surface area contributed by atoms with Crippen molar-refractivity contribution in [1.82, 2.24) is 19.9 Å². The van der Waals surface area contributed by atoms with Crippen LogP contribution in [0.2, 0.25) is 0 Å². The maximum atomic E-state index is 12.5. The molecule has 122 valence electrons. The van der Waals surface area contributed by atoms with Crippen molar-refractivity contribution in [2.45, 2.75) is 31.6 Å². The third-order valence-electron chi connectivity index (χ3n) is 5.42. The fourth-order valence-electron chi connectivity index (χ4n) is 4.04. The SMILES string of the molecule is O=C(C1CC1)N1CCCC(c2cc[nH]c3cnc4nccc4c23)C1. The zero-order valence-electron chi connectivity index (χ0n) is 13.5. The van der Waals surface area contributed by atoms with Crippen molar-refractivity contribution in [3.8, 4) is 0 Å². The van der Waals surface area contributed by atoms with Crippen molar-refractivity contribution < 1.29 is 4.79 Å². The Hall–Kier alpha value is -2.43. The summed E-state index contributed by atoms with van der Waals surface area (Å²) in [5.74, 6) is 1.06. The van der Waals surface area contributed by atoms with Crippen LogP contribution in [0.4, 0.5) is 0 Å². The first-order valence-corrected chi connectivity index (χ1v) is 8.81. The van der Waals surface area contributed by atoms with Gasteiger partial charge in [-0.2, -0.15) is 0 Å². The Morgan fingerprint density at radius 3 is 3.00 bits per heavy atom. The highest BCUT2D eigenvalue weighted by Crippen LogP contribution is 2.37. The van der Waals surface area contributed by atoms with Crippen molar-refractivity contribution in [1.29, 1.82) is 0 Å². The molecule has 1 saturated heterocycles. The first-order chi connectivity index (χ1) is 11.8. The minimum absolute atomic E-state index is 0.305. The second-order valence-electron chi connectivity index (χ2n) is 7.06. The summed E-state index contributed by atoms with van der Waals surface area (Å²) in [6, 6.07) is 4.21. The Morgan fingerprint density at radius 2 is 2.12 bits per heavy atom. The zero-order valence-corrected chi connectivity index (χ0v) is 13.5. The van der Waals surface area contributed by atoms with Crippen LogP contribution in [0.15, 0.2) is 30.7 Å². The van der Waals surface area contributed by atoms with Gasteiger partial charge in [-0.15, -0.1) is 0 Å². The molecule has 1 aliphatic heterocycles. The fraction of sp³-hybridized carbons (Fsp3) is 0.421. The number of carbonyl (C=O) groups excluding carboxylic acids is 1. The summed E-state index contributed by atoms with van der Waals surface area (Å²) in [5, 5.41) is 2.32. The summed E-state index contributed by atoms with van der Waals surface area (Å²) in [7, 11) is 0. The van der Waals surface area contributed by atoms with Crippen molar-refractivity contribution in [2.75, 3.05) is 13.1 Å². The molecule has 5 rings (SSSR count). The molecule has 4 heterocycles. The van der Waals surface area contributed by atoms with Gasteiger partial charge in [0.1, 0.15) is 0 Å². The lowest BCUT2D eigenvalue weighted by Gasteiger charge is -2.33. The van der Waals surface area contributed by atoms with Crippen molar-refractivity contribution in [3.63, 3.8) is 0 Å². The molecule has 1 N–H and O–H groups in total. The summed E-state index contributed by atoms with van der Waals surface area (Å²) in [5.41, 5.74) is 3.15. The van der Waals surface area contributed by atoms with Gasteiger partial charge in [0.05, 0.1) is 11.7 Å². The van der Waals surface area contributed by atoms with Gasteiger partial charge in [-0.1, -0.05) is 0 Å². The fourth-order valence-corrected chi connectivity index (χ4v) is 4.04. The molecule has 1 atom stereocenters. The Morgan fingerprint density at radius 1 is 1.21 bits per heavy atom. The van der Waals surface area contributed by atoms with Crippen LogP contribution in [-0.2, 0) is 4.79 Å². The average molecular weight is 320 g/mol. The number of hydrogen-bond acceptors (Lipinski definition) is 3. The van der Waals surface area contributed by atoms with Crippen LogP contribution in [-0.4, -0.2) is 38.8 Å². The van der Waals surface area contributed by atoms with Crippen LogP contribution < -0.4 is 0 Å². The first-order valence-electron chi connectivity index (χ1n) is 8.81. The predicted octanol–water partition coefficient (Wildman–Crippen LogP) is 3.23. The number of aromatic amines is 1. The maximum absolute atomic E-state index is 12.5. The van der Waals surface area contributed by atoms with Crippen LogP contribution in [0.25, 0.3) is 21.9 Å². The number of carbonyl (C=O) groups is 1. The number of nitrogens with zero attached hydrogens (tertiary/aromatic N) is 3. The molecule has 5 heteroatoms. The lowest BCUT2D eigenvalue weighted by atomic mass is 9.88. The number of nitrogens with one attached hydrogen (secondary N) is 1. The molecule has 5 nitrogen and oxygen atoms in total. The molecule has 3 aromatic rings. The number of pyridine rings is 2. The van der Waals surface area contributed by atoms with E-state index >= 15 is 0 Å². The normalized spacial score (nSPS) is 21.5. The smallest absolute Gasteiger partial charge is 0.225 e. The van der Waals surface area contributed by atoms with Gasteiger partial charge in [0.2, 0.25) is 5.91 Å². The number of aromatic nitrogens is 3. The number of likely N-dealkylation sites (tertiary alicyclic amines) is 1. The molecule has 0 radical (unpaired) electrons. The van der Waals surface area contributed by atoms with E-state index in [0.29, 0.717) is 17.7 Å². The third kappa shape index (κ3) is 2.19. The molecule has 1 aliphatic carbocycles. The lowest BCUT2D eigenvalue weighted by molar-refractivity contribution is -0.133. The highest BCUT2D eigenvalue weighted by molar-refractivity contribution is 6.05. The molecule has 3 aromatic heterocycles. The second kappa shape index (κ2) is 5.30. The molecule has 0 aromatic carbocycles. The van der Waals surface area contributed by atoms with Gasteiger partial charge in [-0.3, -0.25) is 4.79 Å². The van der Waals surface area contributed by atoms with E-state index in [2.05, 4.69) is 25.9 Å². The van der Waals surface area contributed by atoms with Crippen LogP contribution >= 0.6 is 0 Å². The lowest BCUT2D eigenvalue weighted by Crippen LogP contribution is -2.40. The van der Waals surface area contributed by atoms with Gasteiger partial charge in [0.25, 0.3) is 0 Å². The maximum Gasteiger partial charge on any atom is 0.225 e. The van der Waals surface area contributed by atoms with Gasteiger partial charge in [-0.05, 0) is 43.4 Å². The quantitative estimate of drug-likeness (QED) is 0.788. The Kier molecular flexibility index (Phi) is 3.08.